The summed E-state index contributed by atoms with van der Waals surface area (Å²) >= 11 is 6.35. The summed E-state index contributed by atoms with van der Waals surface area (Å²) in [5.41, 5.74) is 3.63. The minimum atomic E-state index is -0.853. The number of aliphatic carboxylic acids is 1. The number of nitrogens with zero attached hydrogens (tertiary/aromatic N) is 2. The Balaban J connectivity index is 1.53. The van der Waals surface area contributed by atoms with Crippen LogP contribution in [0, 0.1) is 0 Å². The number of benzene rings is 2. The molecule has 2 heterocycles. The normalized spacial score (nSPS) is 11.4. The zero-order valence-electron chi connectivity index (χ0n) is 18.4. The second kappa shape index (κ2) is 10.1. The monoisotopic (exact) mass is 468 g/mol. The van der Waals surface area contributed by atoms with Crippen LogP contribution in [-0.2, 0) is 11.2 Å². The molecule has 0 atom stereocenters. The molecule has 0 aliphatic carbocycles. The lowest BCUT2D eigenvalue weighted by Crippen LogP contribution is -2.23. The number of hydrogen-bond acceptors (Lipinski definition) is 6. The molecule has 8 nitrogen and oxygen atoms in total. The van der Waals surface area contributed by atoms with Crippen molar-refractivity contribution in [3.8, 4) is 28.6 Å². The second-order valence-corrected chi connectivity index (χ2v) is 8.36. The van der Waals surface area contributed by atoms with Gasteiger partial charge in [-0.25, -0.2) is 0 Å². The molecule has 9 heteroatoms. The quantitative estimate of drug-likeness (QED) is 0.283. The van der Waals surface area contributed by atoms with Crippen molar-refractivity contribution < 1.29 is 19.2 Å². The number of carbonyl (C=O) groups is 1. The van der Waals surface area contributed by atoms with E-state index in [-0.39, 0.29) is 12.6 Å². The number of carboxylic acid groups (broad SMARTS) is 1. The summed E-state index contributed by atoms with van der Waals surface area (Å²) in [6.45, 7) is 4.49. The average molecular weight is 469 g/mol. The van der Waals surface area contributed by atoms with Crippen molar-refractivity contribution in [1.29, 1.82) is 0 Å². The van der Waals surface area contributed by atoms with Crippen LogP contribution in [0.25, 0.3) is 33.7 Å². The minimum absolute atomic E-state index is 0.0236. The predicted molar refractivity (Wildman–Crippen MR) is 127 cm³/mol. The first-order chi connectivity index (χ1) is 15.9. The van der Waals surface area contributed by atoms with Gasteiger partial charge in [0.1, 0.15) is 5.75 Å². The van der Waals surface area contributed by atoms with E-state index >= 15 is 0 Å². The Morgan fingerprint density at radius 3 is 2.91 bits per heavy atom. The van der Waals surface area contributed by atoms with Crippen LogP contribution in [0.3, 0.4) is 0 Å². The van der Waals surface area contributed by atoms with Gasteiger partial charge in [0.15, 0.2) is 0 Å². The number of fused-ring (bicyclic) bond motifs is 1. The molecule has 0 fully saturated rings. The molecule has 0 saturated heterocycles. The molecular weight excluding hydrogens is 444 g/mol. The third-order valence-electron chi connectivity index (χ3n) is 5.09. The Labute approximate surface area is 195 Å². The Kier molecular flexibility index (Phi) is 6.96. The van der Waals surface area contributed by atoms with Crippen LogP contribution in [-0.4, -0.2) is 45.4 Å². The van der Waals surface area contributed by atoms with Gasteiger partial charge in [0, 0.05) is 22.7 Å². The molecule has 172 valence electrons. The molecule has 0 amide bonds. The molecule has 3 N–H and O–H groups in total. The summed E-state index contributed by atoms with van der Waals surface area (Å²) in [6, 6.07) is 11.3. The van der Waals surface area contributed by atoms with E-state index in [4.69, 9.17) is 26.0 Å². The molecular formula is C24H25ClN4O4. The fraction of sp³-hybridized carbons (Fsp3) is 0.292. The van der Waals surface area contributed by atoms with E-state index in [1.165, 1.54) is 0 Å². The summed E-state index contributed by atoms with van der Waals surface area (Å²) in [7, 11) is 0. The van der Waals surface area contributed by atoms with Crippen LogP contribution in [0.1, 0.15) is 25.8 Å². The third kappa shape index (κ3) is 5.35. The van der Waals surface area contributed by atoms with Gasteiger partial charge >= 0.3 is 5.97 Å². The van der Waals surface area contributed by atoms with Crippen molar-refractivity contribution in [2.75, 3.05) is 13.1 Å². The van der Waals surface area contributed by atoms with E-state index in [1.807, 2.05) is 44.3 Å². The molecule has 0 radical (unpaired) electrons. The van der Waals surface area contributed by atoms with Gasteiger partial charge in [0.05, 0.1) is 23.2 Å². The van der Waals surface area contributed by atoms with Crippen molar-refractivity contribution in [1.82, 2.24) is 20.4 Å². The van der Waals surface area contributed by atoms with E-state index in [2.05, 4.69) is 20.4 Å². The van der Waals surface area contributed by atoms with Crippen molar-refractivity contribution >= 4 is 28.5 Å². The largest absolute Gasteiger partial charge is 0.489 e. The van der Waals surface area contributed by atoms with Gasteiger partial charge < -0.3 is 24.7 Å². The second-order valence-electron chi connectivity index (χ2n) is 7.95. The number of ether oxygens (including phenoxy) is 1. The molecule has 0 saturated carbocycles. The molecule has 0 spiro atoms. The SMILES string of the molecule is CC(C)Oc1ccc(-c2nc(-c3cccc4c(CCCNCC(=O)O)c[nH]c34)no2)cc1Cl. The topological polar surface area (TPSA) is 113 Å². The highest BCUT2D eigenvalue weighted by Crippen LogP contribution is 2.33. The Hall–Kier alpha value is -3.36. The van der Waals surface area contributed by atoms with E-state index in [1.54, 1.807) is 12.1 Å². The highest BCUT2D eigenvalue weighted by Gasteiger charge is 2.16. The summed E-state index contributed by atoms with van der Waals surface area (Å²) in [4.78, 5) is 18.5. The van der Waals surface area contributed by atoms with Gasteiger partial charge in [-0.05, 0) is 63.1 Å². The Morgan fingerprint density at radius 1 is 1.30 bits per heavy atom. The third-order valence-corrected chi connectivity index (χ3v) is 5.38. The molecule has 4 aromatic rings. The molecule has 2 aromatic heterocycles. The molecule has 0 aliphatic rings. The van der Waals surface area contributed by atoms with E-state index in [0.29, 0.717) is 34.6 Å². The zero-order chi connectivity index (χ0) is 23.4. The van der Waals surface area contributed by atoms with Gasteiger partial charge in [-0.1, -0.05) is 28.9 Å². The highest BCUT2D eigenvalue weighted by atomic mass is 35.5. The number of halogens is 1. The molecule has 0 unspecified atom stereocenters. The summed E-state index contributed by atoms with van der Waals surface area (Å²) < 4.78 is 11.2. The number of aryl methyl sites for hydroxylation is 1. The van der Waals surface area contributed by atoms with Crippen LogP contribution >= 0.6 is 11.6 Å². The molecule has 33 heavy (non-hydrogen) atoms. The molecule has 2 aromatic carbocycles. The van der Waals surface area contributed by atoms with E-state index in [0.717, 1.165) is 34.9 Å². The zero-order valence-corrected chi connectivity index (χ0v) is 19.1. The molecule has 4 rings (SSSR count). The number of nitrogens with one attached hydrogen (secondary N) is 2. The van der Waals surface area contributed by atoms with Crippen LogP contribution < -0.4 is 10.1 Å². The van der Waals surface area contributed by atoms with Crippen LogP contribution in [0.2, 0.25) is 5.02 Å². The fourth-order valence-corrected chi connectivity index (χ4v) is 3.86. The maximum absolute atomic E-state index is 10.6. The number of hydrogen-bond donors (Lipinski definition) is 3. The number of para-hydroxylation sites is 1. The number of rotatable bonds is 10. The first kappa shape index (κ1) is 22.8. The highest BCUT2D eigenvalue weighted by molar-refractivity contribution is 6.32. The lowest BCUT2D eigenvalue weighted by molar-refractivity contribution is -0.135. The Morgan fingerprint density at radius 2 is 2.15 bits per heavy atom. The van der Waals surface area contributed by atoms with Crippen molar-refractivity contribution in [2.45, 2.75) is 32.8 Å². The maximum Gasteiger partial charge on any atom is 0.317 e. The maximum atomic E-state index is 10.6. The van der Waals surface area contributed by atoms with Crippen molar-refractivity contribution in [3.05, 3.63) is 53.2 Å². The minimum Gasteiger partial charge on any atom is -0.489 e. The summed E-state index contributed by atoms with van der Waals surface area (Å²) in [6.07, 6.45) is 3.64. The smallest absolute Gasteiger partial charge is 0.317 e. The average Bonchev–Trinajstić information content (AvgIpc) is 3.42. The van der Waals surface area contributed by atoms with Gasteiger partial charge in [0.25, 0.3) is 5.89 Å². The van der Waals surface area contributed by atoms with Gasteiger partial charge in [-0.2, -0.15) is 4.98 Å². The van der Waals surface area contributed by atoms with Crippen LogP contribution in [0.4, 0.5) is 0 Å². The first-order valence-electron chi connectivity index (χ1n) is 10.7. The standard InChI is InChI=1S/C24H25ClN4O4/c1-14(2)32-20-9-8-15(11-19(20)25)24-28-23(29-33-24)18-7-3-6-17-16(12-27-22(17)18)5-4-10-26-13-21(30)31/h3,6-9,11-12,14,26-27H,4-5,10,13H2,1-2H3,(H,30,31). The first-order valence-corrected chi connectivity index (χ1v) is 11.1. The molecule has 0 bridgehead atoms. The predicted octanol–water partition coefficient (Wildman–Crippen LogP) is 4.93. The fourth-order valence-electron chi connectivity index (χ4n) is 3.64. The Bertz CT molecular complexity index is 1260. The van der Waals surface area contributed by atoms with Crippen molar-refractivity contribution in [2.24, 2.45) is 0 Å². The summed E-state index contributed by atoms with van der Waals surface area (Å²) in [5.74, 6) is 0.604. The van der Waals surface area contributed by atoms with Crippen molar-refractivity contribution in [3.63, 3.8) is 0 Å². The lowest BCUT2D eigenvalue weighted by Gasteiger charge is -2.11. The van der Waals surface area contributed by atoms with Gasteiger partial charge in [0.2, 0.25) is 5.82 Å². The van der Waals surface area contributed by atoms with Gasteiger partial charge in [-0.3, -0.25) is 4.79 Å². The molecule has 0 aliphatic heterocycles. The van der Waals surface area contributed by atoms with Gasteiger partial charge in [-0.15, -0.1) is 0 Å². The summed E-state index contributed by atoms with van der Waals surface area (Å²) in [5, 5.41) is 17.4. The van der Waals surface area contributed by atoms with Crippen LogP contribution in [0.15, 0.2) is 47.1 Å². The van der Waals surface area contributed by atoms with E-state index in [9.17, 15) is 4.79 Å². The number of carboxylic acids is 1. The lowest BCUT2D eigenvalue weighted by atomic mass is 10.1. The number of aromatic nitrogens is 3. The van der Waals surface area contributed by atoms with E-state index < -0.39 is 5.97 Å². The number of H-pyrrole nitrogens is 1. The van der Waals surface area contributed by atoms with Crippen LogP contribution in [0.5, 0.6) is 5.75 Å². The number of aromatic amines is 1.